The maximum atomic E-state index is 6.06. The third-order valence-electron chi connectivity index (χ3n) is 4.25. The van der Waals surface area contributed by atoms with Crippen LogP contribution in [0.3, 0.4) is 0 Å². The maximum absolute atomic E-state index is 6.06. The molecule has 2 aromatic rings. The molecule has 1 saturated carbocycles. The van der Waals surface area contributed by atoms with E-state index in [0.717, 1.165) is 5.02 Å². The molecule has 1 nitrogen and oxygen atoms in total. The first kappa shape index (κ1) is 13.5. The van der Waals surface area contributed by atoms with E-state index in [-0.39, 0.29) is 0 Å². The van der Waals surface area contributed by atoms with Crippen LogP contribution < -0.4 is 5.32 Å². The topological polar surface area (TPSA) is 12.0 Å². The first-order valence-corrected chi connectivity index (χ1v) is 7.59. The zero-order chi connectivity index (χ0) is 14.1. The van der Waals surface area contributed by atoms with Gasteiger partial charge in [-0.1, -0.05) is 47.5 Å². The molecule has 1 fully saturated rings. The Kier molecular flexibility index (Phi) is 3.71. The quantitative estimate of drug-likeness (QED) is 0.805. The van der Waals surface area contributed by atoms with Gasteiger partial charge in [0, 0.05) is 16.8 Å². The van der Waals surface area contributed by atoms with Crippen molar-refractivity contribution < 1.29 is 0 Å². The van der Waals surface area contributed by atoms with Gasteiger partial charge in [-0.3, -0.25) is 0 Å². The van der Waals surface area contributed by atoms with Gasteiger partial charge in [-0.15, -0.1) is 0 Å². The summed E-state index contributed by atoms with van der Waals surface area (Å²) in [5.41, 5.74) is 5.23. The standard InChI is InChI=1S/C18H20ClN/c1-12-3-6-14(7-4-12)15-9-17(10-15)20-18-11-16(19)8-5-13(18)2/h3-8,11,15,17,20H,9-10H2,1-2H3. The SMILES string of the molecule is Cc1ccc(C2CC(Nc3cc(Cl)ccc3C)C2)cc1. The Morgan fingerprint density at radius 1 is 1.00 bits per heavy atom. The van der Waals surface area contributed by atoms with Gasteiger partial charge in [0.2, 0.25) is 0 Å². The molecule has 0 unspecified atom stereocenters. The van der Waals surface area contributed by atoms with Crippen molar-refractivity contribution in [3.63, 3.8) is 0 Å². The van der Waals surface area contributed by atoms with Crippen molar-refractivity contribution in [1.82, 2.24) is 0 Å². The minimum absolute atomic E-state index is 0.568. The predicted octanol–water partition coefficient (Wildman–Crippen LogP) is 5.31. The summed E-state index contributed by atoms with van der Waals surface area (Å²) >= 11 is 6.06. The van der Waals surface area contributed by atoms with E-state index in [2.05, 4.69) is 49.5 Å². The first-order valence-electron chi connectivity index (χ1n) is 7.21. The maximum Gasteiger partial charge on any atom is 0.0426 e. The number of halogens is 1. The zero-order valence-corrected chi connectivity index (χ0v) is 12.7. The van der Waals surface area contributed by atoms with Crippen LogP contribution in [0.1, 0.15) is 35.4 Å². The van der Waals surface area contributed by atoms with Gasteiger partial charge in [-0.05, 0) is 55.9 Å². The molecule has 20 heavy (non-hydrogen) atoms. The molecule has 104 valence electrons. The Morgan fingerprint density at radius 2 is 1.70 bits per heavy atom. The normalized spacial score (nSPS) is 21.4. The molecule has 3 rings (SSSR count). The molecule has 0 aromatic heterocycles. The number of aryl methyl sites for hydroxylation is 2. The molecule has 0 aliphatic heterocycles. The van der Waals surface area contributed by atoms with E-state index in [1.54, 1.807) is 0 Å². The third-order valence-corrected chi connectivity index (χ3v) is 4.48. The number of hydrogen-bond donors (Lipinski definition) is 1. The lowest BCUT2D eigenvalue weighted by Crippen LogP contribution is -2.34. The van der Waals surface area contributed by atoms with Crippen LogP contribution in [0.25, 0.3) is 0 Å². The number of hydrogen-bond acceptors (Lipinski definition) is 1. The van der Waals surface area contributed by atoms with Crippen LogP contribution in [0.15, 0.2) is 42.5 Å². The highest BCUT2D eigenvalue weighted by Crippen LogP contribution is 2.39. The Morgan fingerprint density at radius 3 is 2.40 bits per heavy atom. The fourth-order valence-corrected chi connectivity index (χ4v) is 2.99. The zero-order valence-electron chi connectivity index (χ0n) is 12.0. The molecule has 1 aliphatic rings. The van der Waals surface area contributed by atoms with E-state index in [4.69, 9.17) is 11.6 Å². The summed E-state index contributed by atoms with van der Waals surface area (Å²) in [5.74, 6) is 0.701. The molecular formula is C18H20ClN. The summed E-state index contributed by atoms with van der Waals surface area (Å²) in [7, 11) is 0. The van der Waals surface area contributed by atoms with Gasteiger partial charge in [-0.25, -0.2) is 0 Å². The summed E-state index contributed by atoms with van der Waals surface area (Å²) in [5, 5.41) is 4.41. The van der Waals surface area contributed by atoms with E-state index in [1.807, 2.05) is 12.1 Å². The van der Waals surface area contributed by atoms with Crippen LogP contribution >= 0.6 is 11.6 Å². The molecule has 0 bridgehead atoms. The second-order valence-electron chi connectivity index (χ2n) is 5.88. The van der Waals surface area contributed by atoms with E-state index in [0.29, 0.717) is 12.0 Å². The monoisotopic (exact) mass is 285 g/mol. The van der Waals surface area contributed by atoms with Crippen molar-refractivity contribution in [2.24, 2.45) is 0 Å². The van der Waals surface area contributed by atoms with Crippen molar-refractivity contribution in [2.75, 3.05) is 5.32 Å². The third kappa shape index (κ3) is 2.83. The Labute approximate surface area is 126 Å². The van der Waals surface area contributed by atoms with Crippen LogP contribution in [0.2, 0.25) is 5.02 Å². The second-order valence-corrected chi connectivity index (χ2v) is 6.32. The number of anilines is 1. The lowest BCUT2D eigenvalue weighted by atomic mass is 9.75. The average Bonchev–Trinajstić information content (AvgIpc) is 2.39. The van der Waals surface area contributed by atoms with Gasteiger partial charge >= 0.3 is 0 Å². The highest BCUT2D eigenvalue weighted by atomic mass is 35.5. The van der Waals surface area contributed by atoms with E-state index in [1.165, 1.54) is 35.2 Å². The van der Waals surface area contributed by atoms with Crippen molar-refractivity contribution >= 4 is 17.3 Å². The second kappa shape index (κ2) is 5.49. The summed E-state index contributed by atoms with van der Waals surface area (Å²) in [6.45, 7) is 4.26. The van der Waals surface area contributed by atoms with Crippen LogP contribution in [0.4, 0.5) is 5.69 Å². The van der Waals surface area contributed by atoms with Gasteiger partial charge in [0.1, 0.15) is 0 Å². The molecule has 0 heterocycles. The summed E-state index contributed by atoms with van der Waals surface area (Å²) in [4.78, 5) is 0. The molecule has 2 heteroatoms. The van der Waals surface area contributed by atoms with Gasteiger partial charge in [0.25, 0.3) is 0 Å². The predicted molar refractivity (Wildman–Crippen MR) is 86.8 cm³/mol. The molecule has 0 saturated heterocycles. The Bertz CT molecular complexity index is 597. The van der Waals surface area contributed by atoms with Crippen molar-refractivity contribution in [2.45, 2.75) is 38.6 Å². The molecule has 1 aliphatic carbocycles. The molecule has 2 aromatic carbocycles. The van der Waals surface area contributed by atoms with Crippen molar-refractivity contribution in [1.29, 1.82) is 0 Å². The van der Waals surface area contributed by atoms with E-state index >= 15 is 0 Å². The lowest BCUT2D eigenvalue weighted by Gasteiger charge is -2.37. The van der Waals surface area contributed by atoms with Crippen LogP contribution in [0, 0.1) is 13.8 Å². The highest BCUT2D eigenvalue weighted by Gasteiger charge is 2.30. The van der Waals surface area contributed by atoms with E-state index in [9.17, 15) is 0 Å². The van der Waals surface area contributed by atoms with Gasteiger partial charge < -0.3 is 5.32 Å². The van der Waals surface area contributed by atoms with Crippen molar-refractivity contribution in [3.8, 4) is 0 Å². The van der Waals surface area contributed by atoms with Gasteiger partial charge in [0.05, 0.1) is 0 Å². The van der Waals surface area contributed by atoms with Crippen LogP contribution in [-0.4, -0.2) is 6.04 Å². The fraction of sp³-hybridized carbons (Fsp3) is 0.333. The van der Waals surface area contributed by atoms with Crippen LogP contribution in [-0.2, 0) is 0 Å². The Hall–Kier alpha value is -1.47. The highest BCUT2D eigenvalue weighted by molar-refractivity contribution is 6.30. The van der Waals surface area contributed by atoms with Gasteiger partial charge in [-0.2, -0.15) is 0 Å². The van der Waals surface area contributed by atoms with E-state index < -0.39 is 0 Å². The Balaban J connectivity index is 1.60. The molecule has 0 amide bonds. The minimum Gasteiger partial charge on any atom is -0.382 e. The van der Waals surface area contributed by atoms with Gasteiger partial charge in [0.15, 0.2) is 0 Å². The lowest BCUT2D eigenvalue weighted by molar-refractivity contribution is 0.374. The first-order chi connectivity index (χ1) is 9.61. The molecular weight excluding hydrogens is 266 g/mol. The fourth-order valence-electron chi connectivity index (χ4n) is 2.82. The largest absolute Gasteiger partial charge is 0.382 e. The molecule has 0 radical (unpaired) electrons. The molecule has 0 atom stereocenters. The van der Waals surface area contributed by atoms with Crippen molar-refractivity contribution in [3.05, 3.63) is 64.2 Å². The molecule has 0 spiro atoms. The average molecular weight is 286 g/mol. The summed E-state index contributed by atoms with van der Waals surface area (Å²) < 4.78 is 0. The smallest absolute Gasteiger partial charge is 0.0426 e. The summed E-state index contributed by atoms with van der Waals surface area (Å²) in [6, 6.07) is 15.5. The van der Waals surface area contributed by atoms with Crippen LogP contribution in [0.5, 0.6) is 0 Å². The minimum atomic E-state index is 0.568. The number of benzene rings is 2. The number of rotatable bonds is 3. The number of nitrogens with one attached hydrogen (secondary N) is 1. The molecule has 1 N–H and O–H groups in total. The summed E-state index contributed by atoms with van der Waals surface area (Å²) in [6.07, 6.45) is 2.41.